The Kier molecular flexibility index (Phi) is 2.44. The number of thioether (sulfide) groups is 1. The molecule has 0 amide bonds. The first kappa shape index (κ1) is 11.4. The van der Waals surface area contributed by atoms with Gasteiger partial charge in [-0.15, -0.1) is 0 Å². The van der Waals surface area contributed by atoms with Gasteiger partial charge in [-0.2, -0.15) is 0 Å². The first-order chi connectivity index (χ1) is 9.25. The molecule has 0 radical (unpaired) electrons. The molecule has 0 bridgehead atoms. The number of amidine groups is 1. The number of halogens is 1. The van der Waals surface area contributed by atoms with E-state index in [1.54, 1.807) is 18.0 Å². The maximum Gasteiger partial charge on any atom is 0.168 e. The van der Waals surface area contributed by atoms with E-state index in [1.807, 2.05) is 18.2 Å². The van der Waals surface area contributed by atoms with Gasteiger partial charge in [-0.3, -0.25) is 4.99 Å². The fraction of sp³-hybridized carbons (Fsp3) is 0.214. The summed E-state index contributed by atoms with van der Waals surface area (Å²) in [7, 11) is 0. The van der Waals surface area contributed by atoms with Gasteiger partial charge >= 0.3 is 0 Å². The van der Waals surface area contributed by atoms with Crippen LogP contribution in [0.3, 0.4) is 0 Å². The molecule has 0 fully saturated rings. The van der Waals surface area contributed by atoms with Crippen molar-refractivity contribution >= 4 is 45.2 Å². The second-order valence-corrected chi connectivity index (χ2v) is 6.17. The van der Waals surface area contributed by atoms with Crippen LogP contribution < -0.4 is 0 Å². The zero-order chi connectivity index (χ0) is 13.0. The van der Waals surface area contributed by atoms with Crippen LogP contribution in [0, 0.1) is 0 Å². The molecule has 3 heterocycles. The number of hydrogen-bond donors (Lipinski definition) is 0. The van der Waals surface area contributed by atoms with Crippen LogP contribution in [0.2, 0.25) is 5.02 Å². The highest BCUT2D eigenvalue weighted by Crippen LogP contribution is 2.44. The van der Waals surface area contributed by atoms with Gasteiger partial charge in [0.25, 0.3) is 0 Å². The van der Waals surface area contributed by atoms with Gasteiger partial charge in [0.05, 0.1) is 23.5 Å². The van der Waals surface area contributed by atoms with Crippen molar-refractivity contribution in [2.24, 2.45) is 4.99 Å². The van der Waals surface area contributed by atoms with Crippen molar-refractivity contribution in [2.45, 2.75) is 6.92 Å². The monoisotopic (exact) mass is 290 g/mol. The van der Waals surface area contributed by atoms with Gasteiger partial charge < -0.3 is 9.32 Å². The highest BCUT2D eigenvalue weighted by atomic mass is 35.5. The summed E-state index contributed by atoms with van der Waals surface area (Å²) >= 11 is 7.94. The number of rotatable bonds is 1. The second-order valence-electron chi connectivity index (χ2n) is 4.58. The average Bonchev–Trinajstić information content (AvgIpc) is 3.05. The zero-order valence-corrected chi connectivity index (χ0v) is 11.9. The summed E-state index contributed by atoms with van der Waals surface area (Å²) in [4.78, 5) is 8.05. The normalized spacial score (nSPS) is 18.4. The molecule has 1 aromatic carbocycles. The van der Waals surface area contributed by atoms with Crippen LogP contribution >= 0.6 is 23.4 Å². The van der Waals surface area contributed by atoms with Crippen molar-refractivity contribution < 1.29 is 4.42 Å². The molecular weight excluding hydrogens is 280 g/mol. The van der Waals surface area contributed by atoms with Crippen molar-refractivity contribution in [3.63, 3.8) is 0 Å². The van der Waals surface area contributed by atoms with E-state index < -0.39 is 0 Å². The molecular formula is C14H11ClN2OS. The fourth-order valence-corrected chi connectivity index (χ4v) is 3.90. The summed E-state index contributed by atoms with van der Waals surface area (Å²) in [6, 6.07) is 5.89. The molecule has 4 rings (SSSR count). The second kappa shape index (κ2) is 4.05. The molecule has 3 nitrogen and oxygen atoms in total. The molecule has 0 saturated carbocycles. The Morgan fingerprint density at radius 3 is 3.16 bits per heavy atom. The van der Waals surface area contributed by atoms with E-state index in [1.165, 1.54) is 10.6 Å². The Morgan fingerprint density at radius 2 is 2.26 bits per heavy atom. The smallest absolute Gasteiger partial charge is 0.168 e. The van der Waals surface area contributed by atoms with E-state index in [2.05, 4.69) is 16.8 Å². The molecule has 0 unspecified atom stereocenters. The first-order valence-electron chi connectivity index (χ1n) is 6.12. The minimum atomic E-state index is 0.728. The lowest BCUT2D eigenvalue weighted by Gasteiger charge is -2.17. The van der Waals surface area contributed by atoms with E-state index in [0.717, 1.165) is 39.8 Å². The third-order valence-corrected chi connectivity index (χ3v) is 4.83. The molecule has 2 aliphatic heterocycles. The van der Waals surface area contributed by atoms with E-state index >= 15 is 0 Å². The Bertz CT molecular complexity index is 747. The highest BCUT2D eigenvalue weighted by molar-refractivity contribution is 8.17. The predicted octanol–water partition coefficient (Wildman–Crippen LogP) is 4.19. The van der Waals surface area contributed by atoms with Crippen LogP contribution in [0.4, 0.5) is 0 Å². The zero-order valence-electron chi connectivity index (χ0n) is 10.3. The number of nitrogens with zero attached hydrogens (tertiary/aromatic N) is 2. The van der Waals surface area contributed by atoms with Crippen LogP contribution in [0.1, 0.15) is 12.5 Å². The van der Waals surface area contributed by atoms with Crippen LogP contribution in [0.15, 0.2) is 38.8 Å². The van der Waals surface area contributed by atoms with Crippen molar-refractivity contribution in [3.8, 4) is 0 Å². The van der Waals surface area contributed by atoms with E-state index in [4.69, 9.17) is 16.0 Å². The van der Waals surface area contributed by atoms with Gasteiger partial charge in [0.15, 0.2) is 5.17 Å². The summed E-state index contributed by atoms with van der Waals surface area (Å²) in [6.07, 6.45) is 1.69. The lowest BCUT2D eigenvalue weighted by molar-refractivity contribution is 0.608. The molecule has 19 heavy (non-hydrogen) atoms. The van der Waals surface area contributed by atoms with Gasteiger partial charge in [0.2, 0.25) is 0 Å². The summed E-state index contributed by atoms with van der Waals surface area (Å²) in [5.41, 5.74) is 3.16. The number of aliphatic imine (C=N–C) groups is 1. The summed E-state index contributed by atoms with van der Waals surface area (Å²) in [6.45, 7) is 3.94. The molecule has 0 N–H and O–H groups in total. The number of benzene rings is 1. The molecule has 1 aromatic heterocycles. The number of furan rings is 1. The Hall–Kier alpha value is -1.39. The van der Waals surface area contributed by atoms with E-state index in [9.17, 15) is 0 Å². The van der Waals surface area contributed by atoms with Crippen LogP contribution in [-0.2, 0) is 0 Å². The maximum atomic E-state index is 6.21. The fourth-order valence-electron chi connectivity index (χ4n) is 2.65. The highest BCUT2D eigenvalue weighted by Gasteiger charge is 2.32. The summed E-state index contributed by atoms with van der Waals surface area (Å²) in [5, 5.41) is 2.79. The minimum Gasteiger partial charge on any atom is -0.464 e. The van der Waals surface area contributed by atoms with Gasteiger partial charge in [-0.25, -0.2) is 0 Å². The van der Waals surface area contributed by atoms with E-state index in [0.29, 0.717) is 0 Å². The standard InChI is InChI=1S/C14H11ClN2OS/c1-8-12(17-6-5-16-14(17)19-8)10-2-3-11(15)9-4-7-18-13(9)10/h2-4,7H,5-6H2,1H3. The van der Waals surface area contributed by atoms with Crippen molar-refractivity contribution in [1.82, 2.24) is 4.90 Å². The van der Waals surface area contributed by atoms with Gasteiger partial charge in [0, 0.05) is 22.4 Å². The summed E-state index contributed by atoms with van der Waals surface area (Å²) in [5.74, 6) is 0. The molecule has 0 atom stereocenters. The topological polar surface area (TPSA) is 28.7 Å². The average molecular weight is 291 g/mol. The Morgan fingerprint density at radius 1 is 1.37 bits per heavy atom. The minimum absolute atomic E-state index is 0.728. The third-order valence-electron chi connectivity index (χ3n) is 3.47. The van der Waals surface area contributed by atoms with E-state index in [-0.39, 0.29) is 0 Å². The molecule has 96 valence electrons. The number of hydrogen-bond acceptors (Lipinski definition) is 4. The predicted molar refractivity (Wildman–Crippen MR) is 80.4 cm³/mol. The molecule has 2 aromatic rings. The van der Waals surface area contributed by atoms with Gasteiger partial charge in [0.1, 0.15) is 5.58 Å². The van der Waals surface area contributed by atoms with Crippen LogP contribution in [-0.4, -0.2) is 23.2 Å². The van der Waals surface area contributed by atoms with Crippen molar-refractivity contribution in [1.29, 1.82) is 0 Å². The van der Waals surface area contributed by atoms with Crippen molar-refractivity contribution in [3.05, 3.63) is 40.0 Å². The van der Waals surface area contributed by atoms with Crippen LogP contribution in [0.25, 0.3) is 16.7 Å². The molecule has 5 heteroatoms. The molecule has 0 saturated heterocycles. The quantitative estimate of drug-likeness (QED) is 0.788. The SMILES string of the molecule is CC1=C(c2ccc(Cl)c3ccoc23)N2CCN=C2S1. The Labute approximate surface area is 119 Å². The van der Waals surface area contributed by atoms with Crippen LogP contribution in [0.5, 0.6) is 0 Å². The molecule has 2 aliphatic rings. The van der Waals surface area contributed by atoms with Gasteiger partial charge in [-0.05, 0) is 25.1 Å². The largest absolute Gasteiger partial charge is 0.464 e. The number of fused-ring (bicyclic) bond motifs is 2. The van der Waals surface area contributed by atoms with Gasteiger partial charge in [-0.1, -0.05) is 23.4 Å². The maximum absolute atomic E-state index is 6.21. The third kappa shape index (κ3) is 1.56. The lowest BCUT2D eigenvalue weighted by atomic mass is 10.1. The molecule has 0 aliphatic carbocycles. The lowest BCUT2D eigenvalue weighted by Crippen LogP contribution is -2.20. The van der Waals surface area contributed by atoms with Crippen molar-refractivity contribution in [2.75, 3.05) is 13.1 Å². The Balaban J connectivity index is 1.96. The number of allylic oxidation sites excluding steroid dienone is 1. The molecule has 0 spiro atoms. The first-order valence-corrected chi connectivity index (χ1v) is 7.32. The summed E-state index contributed by atoms with van der Waals surface area (Å²) < 4.78 is 5.64.